The highest BCUT2D eigenvalue weighted by atomic mass is 32.2. The lowest BCUT2D eigenvalue weighted by molar-refractivity contribution is -0.287. The quantitative estimate of drug-likeness (QED) is 0.693. The number of carboxylic acid groups (broad SMARTS) is 1. The van der Waals surface area contributed by atoms with Crippen molar-refractivity contribution in [2.45, 2.75) is 18.3 Å². The smallest absolute Gasteiger partial charge is 0.364 e. The second-order valence-corrected chi connectivity index (χ2v) is 4.06. The molecule has 1 heterocycles. The first-order valence-electron chi connectivity index (χ1n) is 4.29. The van der Waals surface area contributed by atoms with Gasteiger partial charge in [0.1, 0.15) is 6.10 Å². The summed E-state index contributed by atoms with van der Waals surface area (Å²) in [6, 6.07) is 0. The van der Waals surface area contributed by atoms with E-state index in [0.717, 1.165) is 0 Å². The predicted molar refractivity (Wildman–Crippen MR) is 51.3 cm³/mol. The van der Waals surface area contributed by atoms with E-state index in [0.29, 0.717) is 5.75 Å². The van der Waals surface area contributed by atoms with Gasteiger partial charge in [-0.2, -0.15) is 11.8 Å². The van der Waals surface area contributed by atoms with E-state index in [9.17, 15) is 4.79 Å². The van der Waals surface area contributed by atoms with Gasteiger partial charge in [-0.15, -0.1) is 0 Å². The third kappa shape index (κ3) is 2.60. The lowest BCUT2D eigenvalue weighted by atomic mass is 10.2. The fourth-order valence-electron chi connectivity index (χ4n) is 1.16. The van der Waals surface area contributed by atoms with Gasteiger partial charge in [0.2, 0.25) is 0 Å². The molecule has 14 heavy (non-hydrogen) atoms. The highest BCUT2D eigenvalue weighted by Crippen LogP contribution is 2.24. The largest absolute Gasteiger partial charge is 0.477 e. The van der Waals surface area contributed by atoms with Crippen LogP contribution in [0.25, 0.3) is 0 Å². The highest BCUT2D eigenvalue weighted by molar-refractivity contribution is 7.98. The summed E-state index contributed by atoms with van der Waals surface area (Å²) in [6.45, 7) is 0.0291. The van der Waals surface area contributed by atoms with Crippen molar-refractivity contribution in [3.05, 3.63) is 0 Å². The van der Waals surface area contributed by atoms with Gasteiger partial charge >= 0.3 is 5.97 Å². The normalized spacial score (nSPS) is 32.9. The van der Waals surface area contributed by atoms with Crippen molar-refractivity contribution in [1.29, 1.82) is 0 Å². The first-order valence-corrected chi connectivity index (χ1v) is 5.68. The number of aliphatic hydroxyl groups is 1. The summed E-state index contributed by atoms with van der Waals surface area (Å²) >= 11 is 1.53. The fourth-order valence-corrected chi connectivity index (χ4v) is 1.64. The van der Waals surface area contributed by atoms with E-state index in [1.54, 1.807) is 0 Å². The van der Waals surface area contributed by atoms with Gasteiger partial charge in [-0.25, -0.2) is 4.79 Å². The Morgan fingerprint density at radius 1 is 1.57 bits per heavy atom. The van der Waals surface area contributed by atoms with Crippen LogP contribution in [0.3, 0.4) is 0 Å². The molecule has 0 radical (unpaired) electrons. The van der Waals surface area contributed by atoms with Gasteiger partial charge in [-0.3, -0.25) is 0 Å². The van der Waals surface area contributed by atoms with Crippen molar-refractivity contribution >= 4 is 17.7 Å². The maximum Gasteiger partial charge on any atom is 0.364 e. The summed E-state index contributed by atoms with van der Waals surface area (Å²) < 4.78 is 10.1. The SMILES string of the molecule is CSCCC1(C(=O)O)OCC(O)CO1. The number of rotatable bonds is 4. The number of carbonyl (C=O) groups is 1. The first-order chi connectivity index (χ1) is 6.60. The number of aliphatic carboxylic acids is 1. The zero-order valence-electron chi connectivity index (χ0n) is 7.93. The van der Waals surface area contributed by atoms with E-state index >= 15 is 0 Å². The van der Waals surface area contributed by atoms with Crippen molar-refractivity contribution in [2.75, 3.05) is 25.2 Å². The van der Waals surface area contributed by atoms with Gasteiger partial charge in [-0.1, -0.05) is 0 Å². The van der Waals surface area contributed by atoms with E-state index < -0.39 is 17.9 Å². The molecule has 1 aliphatic rings. The van der Waals surface area contributed by atoms with Gasteiger partial charge in [0, 0.05) is 6.42 Å². The standard InChI is InChI=1S/C8H14O5S/c1-14-3-2-8(7(10)11)12-4-6(9)5-13-8/h6,9H,2-5H2,1H3,(H,10,11). The molecule has 0 bridgehead atoms. The van der Waals surface area contributed by atoms with Crippen LogP contribution in [-0.2, 0) is 14.3 Å². The zero-order valence-corrected chi connectivity index (χ0v) is 8.75. The van der Waals surface area contributed by atoms with Crippen LogP contribution >= 0.6 is 11.8 Å². The number of hydrogen-bond donors (Lipinski definition) is 2. The van der Waals surface area contributed by atoms with Crippen LogP contribution in [-0.4, -0.2) is 53.3 Å². The number of carboxylic acids is 1. The summed E-state index contributed by atoms with van der Waals surface area (Å²) in [5.41, 5.74) is 0. The number of hydrogen-bond acceptors (Lipinski definition) is 5. The van der Waals surface area contributed by atoms with E-state index in [-0.39, 0.29) is 19.6 Å². The maximum atomic E-state index is 10.9. The molecule has 1 rings (SSSR count). The molecule has 1 aliphatic heterocycles. The highest BCUT2D eigenvalue weighted by Gasteiger charge is 2.44. The predicted octanol–water partition coefficient (Wildman–Crippen LogP) is -0.0719. The number of ether oxygens (including phenoxy) is 2. The lowest BCUT2D eigenvalue weighted by Crippen LogP contribution is -2.52. The van der Waals surface area contributed by atoms with E-state index in [4.69, 9.17) is 19.7 Å². The molecule has 0 aromatic heterocycles. The summed E-state index contributed by atoms with van der Waals surface area (Å²) in [5.74, 6) is -2.04. The second-order valence-electron chi connectivity index (χ2n) is 3.08. The molecule has 0 saturated carbocycles. The van der Waals surface area contributed by atoms with Crippen molar-refractivity contribution < 1.29 is 24.5 Å². The first kappa shape index (κ1) is 11.8. The minimum Gasteiger partial charge on any atom is -0.477 e. The summed E-state index contributed by atoms with van der Waals surface area (Å²) in [7, 11) is 0. The zero-order chi connectivity index (χ0) is 10.6. The van der Waals surface area contributed by atoms with Crippen LogP contribution in [0.2, 0.25) is 0 Å². The minimum absolute atomic E-state index is 0.0146. The second kappa shape index (κ2) is 4.97. The summed E-state index contributed by atoms with van der Waals surface area (Å²) in [4.78, 5) is 10.9. The number of thioether (sulfide) groups is 1. The molecule has 1 fully saturated rings. The Kier molecular flexibility index (Phi) is 4.18. The van der Waals surface area contributed by atoms with Crippen LogP contribution in [0.15, 0.2) is 0 Å². The molecule has 1 saturated heterocycles. The summed E-state index contributed by atoms with van der Waals surface area (Å²) in [6.07, 6.45) is 1.44. The Morgan fingerprint density at radius 3 is 2.57 bits per heavy atom. The molecule has 2 N–H and O–H groups in total. The molecule has 0 amide bonds. The molecule has 0 aromatic rings. The topological polar surface area (TPSA) is 76.0 Å². The minimum atomic E-state index is -1.55. The average Bonchev–Trinajstić information content (AvgIpc) is 2.17. The van der Waals surface area contributed by atoms with Gasteiger partial charge in [0.15, 0.2) is 0 Å². The molecule has 0 spiro atoms. The van der Waals surface area contributed by atoms with Gasteiger partial charge in [0.25, 0.3) is 5.79 Å². The average molecular weight is 222 g/mol. The fraction of sp³-hybridized carbons (Fsp3) is 0.875. The van der Waals surface area contributed by atoms with Crippen molar-refractivity contribution in [1.82, 2.24) is 0 Å². The summed E-state index contributed by atoms with van der Waals surface area (Å²) in [5, 5.41) is 18.1. The van der Waals surface area contributed by atoms with Crippen molar-refractivity contribution in [3.63, 3.8) is 0 Å². The molecular formula is C8H14O5S. The molecule has 5 nitrogen and oxygen atoms in total. The molecule has 82 valence electrons. The Balaban J connectivity index is 2.58. The van der Waals surface area contributed by atoms with Crippen LogP contribution in [0.4, 0.5) is 0 Å². The van der Waals surface area contributed by atoms with Crippen molar-refractivity contribution in [3.8, 4) is 0 Å². The molecule has 0 unspecified atom stereocenters. The molecule has 0 aromatic carbocycles. The Bertz CT molecular complexity index is 194. The van der Waals surface area contributed by atoms with Crippen LogP contribution in [0.1, 0.15) is 6.42 Å². The van der Waals surface area contributed by atoms with Gasteiger partial charge < -0.3 is 19.7 Å². The number of aliphatic hydroxyl groups excluding tert-OH is 1. The lowest BCUT2D eigenvalue weighted by Gasteiger charge is -2.35. The Morgan fingerprint density at radius 2 is 2.14 bits per heavy atom. The van der Waals surface area contributed by atoms with E-state index in [1.165, 1.54) is 11.8 Å². The Labute approximate surface area is 86.4 Å². The third-order valence-electron chi connectivity index (χ3n) is 1.98. The van der Waals surface area contributed by atoms with E-state index in [2.05, 4.69) is 0 Å². The maximum absolute atomic E-state index is 10.9. The van der Waals surface area contributed by atoms with Crippen LogP contribution in [0, 0.1) is 0 Å². The molecule has 0 aliphatic carbocycles. The monoisotopic (exact) mass is 222 g/mol. The van der Waals surface area contributed by atoms with Crippen LogP contribution in [0.5, 0.6) is 0 Å². The van der Waals surface area contributed by atoms with Crippen LogP contribution < -0.4 is 0 Å². The van der Waals surface area contributed by atoms with Gasteiger partial charge in [0.05, 0.1) is 13.2 Å². The molecule has 6 heteroatoms. The van der Waals surface area contributed by atoms with Gasteiger partial charge in [-0.05, 0) is 12.0 Å². The molecule has 0 atom stereocenters. The van der Waals surface area contributed by atoms with Crippen molar-refractivity contribution in [2.24, 2.45) is 0 Å². The molecular weight excluding hydrogens is 208 g/mol. The Hall–Kier alpha value is -0.300. The van der Waals surface area contributed by atoms with E-state index in [1.807, 2.05) is 6.26 Å². The third-order valence-corrected chi connectivity index (χ3v) is 2.59.